The maximum absolute atomic E-state index is 12.3. The highest BCUT2D eigenvalue weighted by Gasteiger charge is 2.27. The van der Waals surface area contributed by atoms with E-state index < -0.39 is 0 Å². The van der Waals surface area contributed by atoms with E-state index in [1.54, 1.807) is 0 Å². The number of amides is 1. The van der Waals surface area contributed by atoms with Crippen molar-refractivity contribution in [3.8, 4) is 11.3 Å². The number of aromatic amines is 1. The smallest absolute Gasteiger partial charge is 0.222 e. The van der Waals surface area contributed by atoms with Gasteiger partial charge in [-0.05, 0) is 39.3 Å². The molecule has 1 aromatic carbocycles. The topological polar surface area (TPSA) is 52.2 Å². The minimum atomic E-state index is 0.234. The molecule has 5 heteroatoms. The Hall–Kier alpha value is -2.14. The second kappa shape index (κ2) is 8.49. The van der Waals surface area contributed by atoms with Crippen LogP contribution in [0.15, 0.2) is 36.4 Å². The minimum Gasteiger partial charge on any atom is -0.343 e. The van der Waals surface area contributed by atoms with Gasteiger partial charge in [-0.15, -0.1) is 0 Å². The van der Waals surface area contributed by atoms with Crippen LogP contribution in [0.3, 0.4) is 0 Å². The number of H-pyrrole nitrogens is 1. The zero-order valence-corrected chi connectivity index (χ0v) is 16.1. The van der Waals surface area contributed by atoms with Crippen LogP contribution in [0.2, 0.25) is 0 Å². The predicted octanol–water partition coefficient (Wildman–Crippen LogP) is 3.86. The average molecular weight is 354 g/mol. The van der Waals surface area contributed by atoms with E-state index in [9.17, 15) is 4.79 Å². The number of likely N-dealkylation sites (tertiary alicyclic amines) is 1. The summed E-state index contributed by atoms with van der Waals surface area (Å²) in [5.41, 5.74) is 3.22. The summed E-state index contributed by atoms with van der Waals surface area (Å²) in [6.07, 6.45) is 3.64. The molecule has 1 aliphatic rings. The fourth-order valence-electron chi connectivity index (χ4n) is 3.78. The Kier molecular flexibility index (Phi) is 6.09. The van der Waals surface area contributed by atoms with Crippen molar-refractivity contribution >= 4 is 5.91 Å². The summed E-state index contributed by atoms with van der Waals surface area (Å²) >= 11 is 0. The summed E-state index contributed by atoms with van der Waals surface area (Å²) in [7, 11) is 2.17. The summed E-state index contributed by atoms with van der Waals surface area (Å²) < 4.78 is 0. The highest BCUT2D eigenvalue weighted by molar-refractivity contribution is 5.76. The first kappa shape index (κ1) is 18.6. The van der Waals surface area contributed by atoms with Gasteiger partial charge in [0.15, 0.2) is 0 Å². The minimum absolute atomic E-state index is 0.234. The molecule has 2 aromatic rings. The molecular formula is C21H30N4O. The Balaban J connectivity index is 1.67. The Morgan fingerprint density at radius 1 is 1.31 bits per heavy atom. The number of hydrogen-bond donors (Lipinski definition) is 1. The van der Waals surface area contributed by atoms with Gasteiger partial charge in [0, 0.05) is 37.2 Å². The molecule has 140 valence electrons. The maximum atomic E-state index is 12.3. The van der Waals surface area contributed by atoms with E-state index in [1.165, 1.54) is 0 Å². The van der Waals surface area contributed by atoms with Crippen LogP contribution in [0, 0.1) is 0 Å². The fraction of sp³-hybridized carbons (Fsp3) is 0.524. The van der Waals surface area contributed by atoms with E-state index in [2.05, 4.69) is 54.2 Å². The lowest BCUT2D eigenvalue weighted by Gasteiger charge is -2.32. The molecule has 5 nitrogen and oxygen atoms in total. The summed E-state index contributed by atoms with van der Waals surface area (Å²) in [5, 5.41) is 7.70. The van der Waals surface area contributed by atoms with Crippen LogP contribution in [0.4, 0.5) is 0 Å². The summed E-state index contributed by atoms with van der Waals surface area (Å²) in [5.74, 6) is 0.309. The van der Waals surface area contributed by atoms with Gasteiger partial charge in [0.25, 0.3) is 0 Å². The van der Waals surface area contributed by atoms with Gasteiger partial charge in [-0.3, -0.25) is 14.8 Å². The number of carbonyl (C=O) groups is 1. The molecule has 0 radical (unpaired) electrons. The maximum Gasteiger partial charge on any atom is 0.222 e. The van der Waals surface area contributed by atoms with E-state index in [0.717, 1.165) is 49.3 Å². The van der Waals surface area contributed by atoms with Crippen LogP contribution < -0.4 is 0 Å². The fourth-order valence-corrected chi connectivity index (χ4v) is 3.78. The van der Waals surface area contributed by atoms with Crippen molar-refractivity contribution in [1.82, 2.24) is 20.0 Å². The summed E-state index contributed by atoms with van der Waals surface area (Å²) in [6, 6.07) is 13.0. The van der Waals surface area contributed by atoms with Gasteiger partial charge in [-0.1, -0.05) is 37.3 Å². The molecule has 26 heavy (non-hydrogen) atoms. The Bertz CT molecular complexity index is 712. The number of carbonyl (C=O) groups excluding carboxylic acids is 1. The molecule has 2 heterocycles. The van der Waals surface area contributed by atoms with Crippen molar-refractivity contribution in [1.29, 1.82) is 0 Å². The Morgan fingerprint density at radius 3 is 2.81 bits per heavy atom. The largest absolute Gasteiger partial charge is 0.343 e. The lowest BCUT2D eigenvalue weighted by molar-refractivity contribution is -0.130. The summed E-state index contributed by atoms with van der Waals surface area (Å²) in [4.78, 5) is 16.7. The quantitative estimate of drug-likeness (QED) is 0.857. The number of rotatable bonds is 6. The standard InChI is InChI=1S/C21H30N4O/c1-4-13-25-14-12-18(10-11-21(25)26)24(3)16(2)19-15-20(23-22-19)17-8-6-5-7-9-17/h5-9,15-16,18H,4,10-14H2,1-3H3,(H,22,23)/t16-,18+/m0/s1. The molecule has 0 spiro atoms. The number of hydrogen-bond acceptors (Lipinski definition) is 3. The predicted molar refractivity (Wildman–Crippen MR) is 105 cm³/mol. The van der Waals surface area contributed by atoms with Crippen molar-refractivity contribution in [3.63, 3.8) is 0 Å². The highest BCUT2D eigenvalue weighted by Crippen LogP contribution is 2.27. The molecular weight excluding hydrogens is 324 g/mol. The Labute approximate surface area is 156 Å². The van der Waals surface area contributed by atoms with Gasteiger partial charge in [-0.25, -0.2) is 0 Å². The number of aromatic nitrogens is 2. The molecule has 0 unspecified atom stereocenters. The first-order valence-corrected chi connectivity index (χ1v) is 9.70. The van der Waals surface area contributed by atoms with E-state index >= 15 is 0 Å². The van der Waals surface area contributed by atoms with Gasteiger partial charge in [0.1, 0.15) is 0 Å². The zero-order valence-electron chi connectivity index (χ0n) is 16.1. The first-order valence-electron chi connectivity index (χ1n) is 9.70. The van der Waals surface area contributed by atoms with E-state index in [4.69, 9.17) is 0 Å². The molecule has 1 aliphatic heterocycles. The molecule has 1 fully saturated rings. The second-order valence-corrected chi connectivity index (χ2v) is 7.28. The molecule has 1 amide bonds. The van der Waals surface area contributed by atoms with Crippen LogP contribution in [-0.2, 0) is 4.79 Å². The van der Waals surface area contributed by atoms with Crippen molar-refractivity contribution in [2.45, 2.75) is 51.6 Å². The second-order valence-electron chi connectivity index (χ2n) is 7.28. The molecule has 0 bridgehead atoms. The summed E-state index contributed by atoms with van der Waals surface area (Å²) in [6.45, 7) is 6.09. The third-order valence-corrected chi connectivity index (χ3v) is 5.57. The van der Waals surface area contributed by atoms with Crippen LogP contribution >= 0.6 is 0 Å². The van der Waals surface area contributed by atoms with Crippen LogP contribution in [0.1, 0.15) is 51.3 Å². The number of benzene rings is 1. The van der Waals surface area contributed by atoms with Crippen molar-refractivity contribution in [2.75, 3.05) is 20.1 Å². The van der Waals surface area contributed by atoms with Gasteiger partial charge in [0.05, 0.1) is 11.4 Å². The van der Waals surface area contributed by atoms with E-state index in [0.29, 0.717) is 18.4 Å². The monoisotopic (exact) mass is 354 g/mol. The van der Waals surface area contributed by atoms with E-state index in [1.807, 2.05) is 23.1 Å². The molecule has 2 atom stereocenters. The number of nitrogens with one attached hydrogen (secondary N) is 1. The van der Waals surface area contributed by atoms with Crippen LogP contribution in [-0.4, -0.2) is 52.1 Å². The molecule has 1 saturated heterocycles. The zero-order chi connectivity index (χ0) is 18.5. The van der Waals surface area contributed by atoms with Gasteiger partial charge < -0.3 is 4.90 Å². The third kappa shape index (κ3) is 4.15. The SMILES string of the molecule is CCCN1CC[C@H](N(C)[C@@H](C)c2cc(-c3ccccc3)n[nH]2)CCC1=O. The molecule has 1 aromatic heterocycles. The van der Waals surface area contributed by atoms with Crippen molar-refractivity contribution in [2.24, 2.45) is 0 Å². The molecule has 3 rings (SSSR count). The molecule has 0 saturated carbocycles. The van der Waals surface area contributed by atoms with E-state index in [-0.39, 0.29) is 6.04 Å². The van der Waals surface area contributed by atoms with Crippen LogP contribution in [0.5, 0.6) is 0 Å². The first-order chi connectivity index (χ1) is 12.6. The Morgan fingerprint density at radius 2 is 2.08 bits per heavy atom. The lowest BCUT2D eigenvalue weighted by atomic mass is 10.0. The molecule has 0 aliphatic carbocycles. The highest BCUT2D eigenvalue weighted by atomic mass is 16.2. The van der Waals surface area contributed by atoms with Crippen LogP contribution in [0.25, 0.3) is 11.3 Å². The van der Waals surface area contributed by atoms with Crippen molar-refractivity contribution < 1.29 is 4.79 Å². The number of nitrogens with zero attached hydrogens (tertiary/aromatic N) is 3. The van der Waals surface area contributed by atoms with Gasteiger partial charge in [0.2, 0.25) is 5.91 Å². The normalized spacial score (nSPS) is 19.6. The van der Waals surface area contributed by atoms with Gasteiger partial charge in [-0.2, -0.15) is 5.10 Å². The molecule has 1 N–H and O–H groups in total. The lowest BCUT2D eigenvalue weighted by Crippen LogP contribution is -2.35. The van der Waals surface area contributed by atoms with Crippen molar-refractivity contribution in [3.05, 3.63) is 42.1 Å². The average Bonchev–Trinajstić information content (AvgIpc) is 3.09. The van der Waals surface area contributed by atoms with Gasteiger partial charge >= 0.3 is 0 Å². The third-order valence-electron chi connectivity index (χ3n) is 5.57.